The van der Waals surface area contributed by atoms with Crippen LogP contribution in [-0.2, 0) is 4.79 Å². The molecule has 174 valence electrons. The third kappa shape index (κ3) is 4.63. The van der Waals surface area contributed by atoms with Crippen molar-refractivity contribution < 1.29 is 9.59 Å². The molecule has 0 bridgehead atoms. The third-order valence-electron chi connectivity index (χ3n) is 6.29. The molecule has 1 unspecified atom stereocenters. The summed E-state index contributed by atoms with van der Waals surface area (Å²) in [4.78, 5) is 32.8. The van der Waals surface area contributed by atoms with Crippen molar-refractivity contribution in [3.63, 3.8) is 0 Å². The molecule has 0 saturated carbocycles. The van der Waals surface area contributed by atoms with E-state index in [1.807, 2.05) is 47.7 Å². The van der Waals surface area contributed by atoms with Crippen LogP contribution in [0.15, 0.2) is 36.5 Å². The number of pyridine rings is 1. The van der Waals surface area contributed by atoms with E-state index < -0.39 is 0 Å². The Morgan fingerprint density at radius 3 is 2.61 bits per heavy atom. The fraction of sp³-hybridized carbons (Fsp3) is 0.462. The third-order valence-corrected chi connectivity index (χ3v) is 6.29. The van der Waals surface area contributed by atoms with Gasteiger partial charge in [0.2, 0.25) is 5.91 Å². The SMILES string of the molecule is Cc1ccccc1-c1cc(C(=O)N2CCCC(NC(=O)C(C)C)C2)c2cnn(C(C)C)c2n1. The summed E-state index contributed by atoms with van der Waals surface area (Å²) < 4.78 is 1.87. The largest absolute Gasteiger partial charge is 0.351 e. The highest BCUT2D eigenvalue weighted by atomic mass is 16.2. The van der Waals surface area contributed by atoms with Crippen LogP contribution in [-0.4, -0.2) is 50.6 Å². The molecule has 1 aromatic carbocycles. The highest BCUT2D eigenvalue weighted by Gasteiger charge is 2.28. The van der Waals surface area contributed by atoms with E-state index in [4.69, 9.17) is 4.98 Å². The van der Waals surface area contributed by atoms with Crippen molar-refractivity contribution in [3.8, 4) is 11.3 Å². The van der Waals surface area contributed by atoms with E-state index in [0.717, 1.165) is 40.7 Å². The van der Waals surface area contributed by atoms with Crippen molar-refractivity contribution in [2.45, 2.75) is 59.5 Å². The molecule has 7 heteroatoms. The molecule has 4 rings (SSSR count). The lowest BCUT2D eigenvalue weighted by Gasteiger charge is -2.33. The van der Waals surface area contributed by atoms with E-state index in [1.54, 1.807) is 6.20 Å². The number of piperidine rings is 1. The number of aryl methyl sites for hydroxylation is 1. The number of carbonyl (C=O) groups excluding carboxylic acids is 2. The molecule has 2 amide bonds. The maximum Gasteiger partial charge on any atom is 0.254 e. The molecular weight excluding hydrogens is 414 g/mol. The Labute approximate surface area is 195 Å². The molecule has 33 heavy (non-hydrogen) atoms. The zero-order chi connectivity index (χ0) is 23.7. The molecule has 0 radical (unpaired) electrons. The number of hydrogen-bond acceptors (Lipinski definition) is 4. The summed E-state index contributed by atoms with van der Waals surface area (Å²) in [5.41, 5.74) is 4.21. The van der Waals surface area contributed by atoms with Crippen molar-refractivity contribution in [2.75, 3.05) is 13.1 Å². The van der Waals surface area contributed by atoms with Crippen LogP contribution in [0, 0.1) is 12.8 Å². The second-order valence-electron chi connectivity index (χ2n) is 9.54. The molecule has 0 spiro atoms. The standard InChI is InChI=1S/C26H33N5O2/c1-16(2)25(32)28-19-10-8-12-30(15-19)26(33)21-13-23(20-11-7-6-9-18(20)5)29-24-22(21)14-27-31(24)17(3)4/h6-7,9,11,13-14,16-17,19H,8,10,12,15H2,1-5H3,(H,28,32). The maximum atomic E-state index is 13.8. The van der Waals surface area contributed by atoms with E-state index in [2.05, 4.69) is 37.3 Å². The molecule has 1 saturated heterocycles. The number of carbonyl (C=O) groups is 2. The molecule has 7 nitrogen and oxygen atoms in total. The highest BCUT2D eigenvalue weighted by molar-refractivity contribution is 6.06. The minimum Gasteiger partial charge on any atom is -0.351 e. The van der Waals surface area contributed by atoms with Crippen LogP contribution in [0.3, 0.4) is 0 Å². The molecular formula is C26H33N5O2. The van der Waals surface area contributed by atoms with Crippen LogP contribution in [0.1, 0.15) is 62.5 Å². The van der Waals surface area contributed by atoms with Gasteiger partial charge in [0.25, 0.3) is 5.91 Å². The van der Waals surface area contributed by atoms with Crippen molar-refractivity contribution in [1.29, 1.82) is 0 Å². The Morgan fingerprint density at radius 1 is 1.15 bits per heavy atom. The van der Waals surface area contributed by atoms with Crippen LogP contribution in [0.4, 0.5) is 0 Å². The van der Waals surface area contributed by atoms with Gasteiger partial charge >= 0.3 is 0 Å². The molecule has 1 fully saturated rings. The quantitative estimate of drug-likeness (QED) is 0.630. The van der Waals surface area contributed by atoms with E-state index in [0.29, 0.717) is 18.7 Å². The van der Waals surface area contributed by atoms with E-state index >= 15 is 0 Å². The molecule has 1 atom stereocenters. The summed E-state index contributed by atoms with van der Waals surface area (Å²) in [6.07, 6.45) is 3.49. The molecule has 3 aromatic rings. The monoisotopic (exact) mass is 447 g/mol. The van der Waals surface area contributed by atoms with Crippen LogP contribution in [0.5, 0.6) is 0 Å². The number of nitrogens with zero attached hydrogens (tertiary/aromatic N) is 4. The first-order chi connectivity index (χ1) is 15.8. The second kappa shape index (κ2) is 9.33. The predicted molar refractivity (Wildman–Crippen MR) is 130 cm³/mol. The second-order valence-corrected chi connectivity index (χ2v) is 9.54. The summed E-state index contributed by atoms with van der Waals surface area (Å²) in [6, 6.07) is 10.1. The lowest BCUT2D eigenvalue weighted by Crippen LogP contribution is -2.50. The van der Waals surface area contributed by atoms with Gasteiger partial charge in [0, 0.05) is 36.7 Å². The van der Waals surface area contributed by atoms with Gasteiger partial charge in [-0.1, -0.05) is 38.1 Å². The summed E-state index contributed by atoms with van der Waals surface area (Å²) >= 11 is 0. The number of amides is 2. The van der Waals surface area contributed by atoms with Gasteiger partial charge < -0.3 is 10.2 Å². The van der Waals surface area contributed by atoms with Crippen LogP contribution >= 0.6 is 0 Å². The van der Waals surface area contributed by atoms with Gasteiger partial charge in [-0.05, 0) is 45.2 Å². The summed E-state index contributed by atoms with van der Waals surface area (Å²) in [5.74, 6) is -0.0841. The maximum absolute atomic E-state index is 13.8. The number of fused-ring (bicyclic) bond motifs is 1. The smallest absolute Gasteiger partial charge is 0.254 e. The number of likely N-dealkylation sites (tertiary alicyclic amines) is 1. The predicted octanol–water partition coefficient (Wildman–Crippen LogP) is 4.36. The van der Waals surface area contributed by atoms with Gasteiger partial charge in [-0.3, -0.25) is 9.59 Å². The van der Waals surface area contributed by atoms with Crippen LogP contribution in [0.2, 0.25) is 0 Å². The number of hydrogen-bond donors (Lipinski definition) is 1. The first kappa shape index (κ1) is 23.0. The highest BCUT2D eigenvalue weighted by Crippen LogP contribution is 2.29. The Hall–Kier alpha value is -3.22. The molecule has 0 aliphatic carbocycles. The average Bonchev–Trinajstić information content (AvgIpc) is 3.23. The van der Waals surface area contributed by atoms with Crippen molar-refractivity contribution in [1.82, 2.24) is 25.0 Å². The van der Waals surface area contributed by atoms with Gasteiger partial charge in [-0.2, -0.15) is 5.10 Å². The number of nitrogens with one attached hydrogen (secondary N) is 1. The summed E-state index contributed by atoms with van der Waals surface area (Å²) in [7, 11) is 0. The molecule has 1 aliphatic rings. The fourth-order valence-electron chi connectivity index (χ4n) is 4.39. The molecule has 1 aliphatic heterocycles. The lowest BCUT2D eigenvalue weighted by atomic mass is 10.0. The zero-order valence-electron chi connectivity index (χ0n) is 20.1. The molecule has 1 N–H and O–H groups in total. The Kier molecular flexibility index (Phi) is 6.49. The van der Waals surface area contributed by atoms with E-state index in [9.17, 15) is 9.59 Å². The lowest BCUT2D eigenvalue weighted by molar-refractivity contribution is -0.125. The van der Waals surface area contributed by atoms with Crippen molar-refractivity contribution >= 4 is 22.8 Å². The summed E-state index contributed by atoms with van der Waals surface area (Å²) in [5, 5.41) is 8.40. The first-order valence-corrected chi connectivity index (χ1v) is 11.8. The first-order valence-electron chi connectivity index (χ1n) is 11.8. The molecule has 3 heterocycles. The van der Waals surface area contributed by atoms with E-state index in [-0.39, 0.29) is 29.8 Å². The number of aromatic nitrogens is 3. The van der Waals surface area contributed by atoms with Gasteiger partial charge in [0.15, 0.2) is 5.65 Å². The van der Waals surface area contributed by atoms with Gasteiger partial charge in [0.1, 0.15) is 0 Å². The summed E-state index contributed by atoms with van der Waals surface area (Å²) in [6.45, 7) is 11.1. The topological polar surface area (TPSA) is 80.1 Å². The van der Waals surface area contributed by atoms with E-state index in [1.165, 1.54) is 0 Å². The van der Waals surface area contributed by atoms with Crippen molar-refractivity contribution in [2.24, 2.45) is 5.92 Å². The van der Waals surface area contributed by atoms with Gasteiger partial charge in [-0.15, -0.1) is 0 Å². The molecule has 2 aromatic heterocycles. The Bertz CT molecular complexity index is 1180. The normalized spacial score (nSPS) is 16.6. The van der Waals surface area contributed by atoms with Gasteiger partial charge in [-0.25, -0.2) is 9.67 Å². The van der Waals surface area contributed by atoms with Crippen LogP contribution < -0.4 is 5.32 Å². The van der Waals surface area contributed by atoms with Crippen molar-refractivity contribution in [3.05, 3.63) is 47.7 Å². The fourth-order valence-corrected chi connectivity index (χ4v) is 4.39. The average molecular weight is 448 g/mol. The minimum absolute atomic E-state index is 0.0239. The number of rotatable bonds is 5. The van der Waals surface area contributed by atoms with Gasteiger partial charge in [0.05, 0.1) is 22.8 Å². The Morgan fingerprint density at radius 2 is 1.91 bits per heavy atom. The Balaban J connectivity index is 1.74. The number of benzene rings is 1. The van der Waals surface area contributed by atoms with Crippen LogP contribution in [0.25, 0.3) is 22.3 Å². The minimum atomic E-state index is -0.0746. The zero-order valence-corrected chi connectivity index (χ0v) is 20.1.